The van der Waals surface area contributed by atoms with Crippen LogP contribution in [0.5, 0.6) is 0 Å². The van der Waals surface area contributed by atoms with Crippen molar-refractivity contribution in [2.24, 2.45) is 5.73 Å². The van der Waals surface area contributed by atoms with Gasteiger partial charge in [0.2, 0.25) is 0 Å². The molecule has 0 unspecified atom stereocenters. The molecule has 0 aromatic carbocycles. The first-order valence-corrected chi connectivity index (χ1v) is 4.37. The van der Waals surface area contributed by atoms with E-state index in [4.69, 9.17) is 10.8 Å². The standard InChI is InChI=1S/C8H16N2O2/c9-7(12)10-8(6-11)4-2-1-3-5-8/h11H,1-6H2,(H3,9,10,12). The third-order valence-electron chi connectivity index (χ3n) is 2.50. The number of aliphatic hydroxyl groups excluding tert-OH is 1. The number of rotatable bonds is 2. The lowest BCUT2D eigenvalue weighted by Crippen LogP contribution is -2.54. The molecule has 1 saturated carbocycles. The molecule has 4 nitrogen and oxygen atoms in total. The molecule has 4 heteroatoms. The first-order valence-electron chi connectivity index (χ1n) is 4.37. The van der Waals surface area contributed by atoms with Gasteiger partial charge in [0, 0.05) is 0 Å². The Kier molecular flexibility index (Phi) is 2.92. The summed E-state index contributed by atoms with van der Waals surface area (Å²) >= 11 is 0. The van der Waals surface area contributed by atoms with Gasteiger partial charge in [0.1, 0.15) is 0 Å². The zero-order valence-electron chi connectivity index (χ0n) is 7.18. The van der Waals surface area contributed by atoms with Crippen LogP contribution in [0.15, 0.2) is 0 Å². The van der Waals surface area contributed by atoms with E-state index in [9.17, 15) is 4.79 Å². The van der Waals surface area contributed by atoms with E-state index < -0.39 is 11.6 Å². The predicted octanol–water partition coefficient (Wildman–Crippen LogP) is 0.350. The second-order valence-electron chi connectivity index (χ2n) is 3.49. The summed E-state index contributed by atoms with van der Waals surface area (Å²) < 4.78 is 0. The zero-order chi connectivity index (χ0) is 9.03. The highest BCUT2D eigenvalue weighted by molar-refractivity contribution is 5.72. The molecule has 1 aliphatic rings. The Labute approximate surface area is 72.1 Å². The highest BCUT2D eigenvalue weighted by atomic mass is 16.3. The van der Waals surface area contributed by atoms with Gasteiger partial charge in [0.15, 0.2) is 0 Å². The Hall–Kier alpha value is -0.770. The van der Waals surface area contributed by atoms with Crippen molar-refractivity contribution in [2.75, 3.05) is 6.61 Å². The zero-order valence-corrected chi connectivity index (χ0v) is 7.18. The molecule has 0 spiro atoms. The maximum Gasteiger partial charge on any atom is 0.312 e. The molecule has 1 fully saturated rings. The molecule has 12 heavy (non-hydrogen) atoms. The van der Waals surface area contributed by atoms with Crippen molar-refractivity contribution < 1.29 is 9.90 Å². The third-order valence-corrected chi connectivity index (χ3v) is 2.50. The summed E-state index contributed by atoms with van der Waals surface area (Å²) in [6, 6.07) is -0.536. The molecule has 70 valence electrons. The summed E-state index contributed by atoms with van der Waals surface area (Å²) in [6.07, 6.45) is 4.97. The van der Waals surface area contributed by atoms with Crippen molar-refractivity contribution in [3.63, 3.8) is 0 Å². The number of nitrogens with one attached hydrogen (secondary N) is 1. The first kappa shape index (κ1) is 9.32. The normalized spacial score (nSPS) is 21.8. The Morgan fingerprint density at radius 1 is 1.42 bits per heavy atom. The molecule has 1 aliphatic carbocycles. The number of carbonyl (C=O) groups is 1. The number of hydrogen-bond acceptors (Lipinski definition) is 2. The fourth-order valence-electron chi connectivity index (χ4n) is 1.81. The lowest BCUT2D eigenvalue weighted by atomic mass is 9.82. The molecule has 0 heterocycles. The minimum atomic E-state index is -0.536. The average molecular weight is 172 g/mol. The summed E-state index contributed by atoms with van der Waals surface area (Å²) in [4.78, 5) is 10.6. The largest absolute Gasteiger partial charge is 0.394 e. The number of primary amides is 1. The Morgan fingerprint density at radius 2 is 2.00 bits per heavy atom. The molecular formula is C8H16N2O2. The maximum absolute atomic E-state index is 10.6. The summed E-state index contributed by atoms with van der Waals surface area (Å²) in [5, 5.41) is 11.8. The maximum atomic E-state index is 10.6. The molecule has 0 bridgehead atoms. The Balaban J connectivity index is 2.53. The highest BCUT2D eigenvalue weighted by Gasteiger charge is 2.31. The SMILES string of the molecule is NC(=O)NC1(CO)CCCCC1. The molecule has 0 saturated heterocycles. The van der Waals surface area contributed by atoms with Gasteiger partial charge in [0.25, 0.3) is 0 Å². The second kappa shape index (κ2) is 3.76. The van der Waals surface area contributed by atoms with E-state index in [1.165, 1.54) is 6.42 Å². The molecule has 0 radical (unpaired) electrons. The minimum Gasteiger partial charge on any atom is -0.394 e. The molecule has 4 N–H and O–H groups in total. The second-order valence-corrected chi connectivity index (χ2v) is 3.49. The quantitative estimate of drug-likeness (QED) is 0.562. The summed E-state index contributed by atoms with van der Waals surface area (Å²) in [6.45, 7) is -0.00403. The van der Waals surface area contributed by atoms with Crippen LogP contribution in [0.1, 0.15) is 32.1 Å². The fraction of sp³-hybridized carbons (Fsp3) is 0.875. The van der Waals surface area contributed by atoms with E-state index in [-0.39, 0.29) is 6.61 Å². The molecule has 0 aromatic rings. The monoisotopic (exact) mass is 172 g/mol. The molecule has 1 rings (SSSR count). The smallest absolute Gasteiger partial charge is 0.312 e. The van der Waals surface area contributed by atoms with E-state index in [0.29, 0.717) is 0 Å². The number of carbonyl (C=O) groups excluding carboxylic acids is 1. The van der Waals surface area contributed by atoms with Gasteiger partial charge < -0.3 is 16.2 Å². The van der Waals surface area contributed by atoms with Gasteiger partial charge in [-0.2, -0.15) is 0 Å². The van der Waals surface area contributed by atoms with Gasteiger partial charge in [0.05, 0.1) is 12.1 Å². The van der Waals surface area contributed by atoms with Crippen molar-refractivity contribution in [1.29, 1.82) is 0 Å². The average Bonchev–Trinajstić information content (AvgIpc) is 2.05. The van der Waals surface area contributed by atoms with Crippen molar-refractivity contribution in [3.8, 4) is 0 Å². The van der Waals surface area contributed by atoms with Gasteiger partial charge in [-0.05, 0) is 12.8 Å². The van der Waals surface area contributed by atoms with E-state index in [1.54, 1.807) is 0 Å². The van der Waals surface area contributed by atoms with Crippen LogP contribution in [-0.4, -0.2) is 23.3 Å². The first-order chi connectivity index (χ1) is 5.68. The van der Waals surface area contributed by atoms with E-state index >= 15 is 0 Å². The number of urea groups is 1. The van der Waals surface area contributed by atoms with Gasteiger partial charge >= 0.3 is 6.03 Å². The highest BCUT2D eigenvalue weighted by Crippen LogP contribution is 2.27. The topological polar surface area (TPSA) is 75.4 Å². The van der Waals surface area contributed by atoms with Crippen LogP contribution in [0.3, 0.4) is 0 Å². The summed E-state index contributed by atoms with van der Waals surface area (Å²) in [7, 11) is 0. The number of amides is 2. The predicted molar refractivity (Wildman–Crippen MR) is 45.6 cm³/mol. The lowest BCUT2D eigenvalue weighted by molar-refractivity contribution is 0.127. The van der Waals surface area contributed by atoms with Crippen LogP contribution in [0.4, 0.5) is 4.79 Å². The van der Waals surface area contributed by atoms with Gasteiger partial charge in [-0.1, -0.05) is 19.3 Å². The minimum absolute atomic E-state index is 0.00403. The Bertz CT molecular complexity index is 164. The number of aliphatic hydroxyl groups is 1. The van der Waals surface area contributed by atoms with E-state index in [1.807, 2.05) is 0 Å². The van der Waals surface area contributed by atoms with Gasteiger partial charge in [-0.25, -0.2) is 4.79 Å². The lowest BCUT2D eigenvalue weighted by Gasteiger charge is -2.35. The van der Waals surface area contributed by atoms with Crippen molar-refractivity contribution in [3.05, 3.63) is 0 Å². The molecular weight excluding hydrogens is 156 g/mol. The third kappa shape index (κ3) is 2.11. The summed E-state index contributed by atoms with van der Waals surface area (Å²) in [5.74, 6) is 0. The summed E-state index contributed by atoms with van der Waals surface area (Å²) in [5.41, 5.74) is 4.60. The van der Waals surface area contributed by atoms with Crippen molar-refractivity contribution in [2.45, 2.75) is 37.6 Å². The van der Waals surface area contributed by atoms with Crippen LogP contribution in [-0.2, 0) is 0 Å². The molecule has 0 aromatic heterocycles. The number of nitrogens with two attached hydrogens (primary N) is 1. The van der Waals surface area contributed by atoms with Crippen LogP contribution in [0.25, 0.3) is 0 Å². The van der Waals surface area contributed by atoms with Crippen LogP contribution >= 0.6 is 0 Å². The van der Waals surface area contributed by atoms with Crippen molar-refractivity contribution >= 4 is 6.03 Å². The van der Waals surface area contributed by atoms with Crippen LogP contribution < -0.4 is 11.1 Å². The number of hydrogen-bond donors (Lipinski definition) is 3. The fourth-order valence-corrected chi connectivity index (χ4v) is 1.81. The van der Waals surface area contributed by atoms with Gasteiger partial charge in [-0.3, -0.25) is 0 Å². The molecule has 0 atom stereocenters. The Morgan fingerprint density at radius 3 is 2.42 bits per heavy atom. The van der Waals surface area contributed by atoms with Crippen LogP contribution in [0, 0.1) is 0 Å². The van der Waals surface area contributed by atoms with E-state index in [0.717, 1.165) is 25.7 Å². The van der Waals surface area contributed by atoms with Gasteiger partial charge in [-0.15, -0.1) is 0 Å². The molecule has 0 aliphatic heterocycles. The van der Waals surface area contributed by atoms with Crippen molar-refractivity contribution in [1.82, 2.24) is 5.32 Å². The van der Waals surface area contributed by atoms with Crippen LogP contribution in [0.2, 0.25) is 0 Å². The van der Waals surface area contributed by atoms with E-state index in [2.05, 4.69) is 5.32 Å². The molecule has 2 amide bonds.